The summed E-state index contributed by atoms with van der Waals surface area (Å²) in [6.07, 6.45) is 3.16. The van der Waals surface area contributed by atoms with Crippen molar-refractivity contribution in [3.63, 3.8) is 0 Å². The molecule has 1 aromatic carbocycles. The summed E-state index contributed by atoms with van der Waals surface area (Å²) in [6.45, 7) is 7.66. The minimum Gasteiger partial charge on any atom is -0.272 e. The van der Waals surface area contributed by atoms with Crippen molar-refractivity contribution in [3.8, 4) is 0 Å². The number of unbranched alkanes of at least 4 members (excludes halogenated alkanes) is 1. The molecule has 1 aliphatic heterocycles. The van der Waals surface area contributed by atoms with Crippen LogP contribution in [0.1, 0.15) is 45.6 Å². The van der Waals surface area contributed by atoms with E-state index >= 15 is 0 Å². The zero-order chi connectivity index (χ0) is 16.2. The van der Waals surface area contributed by atoms with Gasteiger partial charge in [-0.1, -0.05) is 86.5 Å². The van der Waals surface area contributed by atoms with Gasteiger partial charge in [-0.15, -0.1) is 0 Å². The van der Waals surface area contributed by atoms with E-state index in [0.29, 0.717) is 23.0 Å². The predicted octanol–water partition coefficient (Wildman–Crippen LogP) is 4.60. The van der Waals surface area contributed by atoms with E-state index in [9.17, 15) is 4.79 Å². The smallest absolute Gasteiger partial charge is 0.252 e. The molecular formula is C18H26INO2. The van der Waals surface area contributed by atoms with Crippen molar-refractivity contribution < 1.29 is 9.63 Å². The summed E-state index contributed by atoms with van der Waals surface area (Å²) in [4.78, 5) is 18.7. The van der Waals surface area contributed by atoms with E-state index in [1.54, 1.807) is 5.06 Å². The Balaban J connectivity index is 2.05. The Hall–Kier alpha value is -0.620. The second-order valence-electron chi connectivity index (χ2n) is 6.43. The van der Waals surface area contributed by atoms with E-state index in [-0.39, 0.29) is 11.3 Å². The molecule has 3 nitrogen and oxygen atoms in total. The fourth-order valence-electron chi connectivity index (χ4n) is 3.23. The number of hydrogen-bond acceptors (Lipinski definition) is 2. The predicted molar refractivity (Wildman–Crippen MR) is 97.5 cm³/mol. The van der Waals surface area contributed by atoms with Crippen molar-refractivity contribution in [2.24, 2.45) is 11.3 Å². The Morgan fingerprint density at radius 2 is 2.09 bits per heavy atom. The van der Waals surface area contributed by atoms with Gasteiger partial charge in [-0.25, -0.2) is 5.06 Å². The minimum absolute atomic E-state index is 0.158. The van der Waals surface area contributed by atoms with E-state index in [1.807, 2.05) is 30.3 Å². The maximum atomic E-state index is 12.9. The average molecular weight is 415 g/mol. The molecule has 0 bridgehead atoms. The highest BCUT2D eigenvalue weighted by Crippen LogP contribution is 2.45. The Bertz CT molecular complexity index is 491. The summed E-state index contributed by atoms with van der Waals surface area (Å²) in [5.74, 6) is 0.508. The molecular weight excluding hydrogens is 389 g/mol. The van der Waals surface area contributed by atoms with Gasteiger partial charge in [0.15, 0.2) is 0 Å². The Labute approximate surface area is 147 Å². The van der Waals surface area contributed by atoms with Gasteiger partial charge in [0.25, 0.3) is 5.91 Å². The molecule has 22 heavy (non-hydrogen) atoms. The highest BCUT2D eigenvalue weighted by molar-refractivity contribution is 14.1. The van der Waals surface area contributed by atoms with E-state index in [1.165, 1.54) is 0 Å². The lowest BCUT2D eigenvalue weighted by atomic mass is 9.74. The molecule has 122 valence electrons. The molecule has 0 N–H and O–H groups in total. The number of halogens is 1. The highest BCUT2D eigenvalue weighted by atomic mass is 127. The van der Waals surface area contributed by atoms with Gasteiger partial charge in [0.05, 0.1) is 12.0 Å². The first-order valence-corrected chi connectivity index (χ1v) is 9.36. The molecule has 0 saturated carbocycles. The second kappa shape index (κ2) is 7.77. The summed E-state index contributed by atoms with van der Waals surface area (Å²) in [7, 11) is 0. The van der Waals surface area contributed by atoms with Gasteiger partial charge in [0.2, 0.25) is 0 Å². The van der Waals surface area contributed by atoms with E-state index in [0.717, 1.165) is 24.8 Å². The Morgan fingerprint density at radius 1 is 1.41 bits per heavy atom. The Kier molecular flexibility index (Phi) is 6.26. The molecule has 1 fully saturated rings. The summed E-state index contributed by atoms with van der Waals surface area (Å²) in [5.41, 5.74) is 0.810. The van der Waals surface area contributed by atoms with Crippen molar-refractivity contribution in [3.05, 3.63) is 35.9 Å². The lowest BCUT2D eigenvalue weighted by molar-refractivity contribution is -0.187. The number of carbonyl (C=O) groups excluding carboxylic acids is 1. The normalized spacial score (nSPS) is 26.5. The van der Waals surface area contributed by atoms with Crippen LogP contribution in [0.5, 0.6) is 0 Å². The van der Waals surface area contributed by atoms with Crippen LogP contribution in [0.25, 0.3) is 0 Å². The van der Waals surface area contributed by atoms with E-state index in [2.05, 4.69) is 43.4 Å². The molecule has 1 saturated heterocycles. The molecule has 3 atom stereocenters. The van der Waals surface area contributed by atoms with Crippen LogP contribution in [0.15, 0.2) is 30.3 Å². The van der Waals surface area contributed by atoms with Gasteiger partial charge >= 0.3 is 0 Å². The van der Waals surface area contributed by atoms with Crippen LogP contribution < -0.4 is 0 Å². The largest absolute Gasteiger partial charge is 0.272 e. The van der Waals surface area contributed by atoms with Gasteiger partial charge in [-0.2, -0.15) is 0 Å². The summed E-state index contributed by atoms with van der Waals surface area (Å²) in [5, 5.41) is 1.61. The fraction of sp³-hybridized carbons (Fsp3) is 0.611. The van der Waals surface area contributed by atoms with Crippen molar-refractivity contribution in [1.82, 2.24) is 5.06 Å². The van der Waals surface area contributed by atoms with Crippen LogP contribution in [-0.4, -0.2) is 21.4 Å². The Morgan fingerprint density at radius 3 is 2.68 bits per heavy atom. The second-order valence-corrected chi connectivity index (χ2v) is 8.40. The third-order valence-electron chi connectivity index (χ3n) is 4.73. The summed E-state index contributed by atoms with van der Waals surface area (Å²) < 4.78 is 0.453. The number of hydroxylamine groups is 2. The van der Waals surface area contributed by atoms with Gasteiger partial charge < -0.3 is 0 Å². The number of benzene rings is 1. The molecule has 1 amide bonds. The van der Waals surface area contributed by atoms with Crippen LogP contribution in [0.2, 0.25) is 0 Å². The molecule has 1 unspecified atom stereocenters. The van der Waals surface area contributed by atoms with Gasteiger partial charge in [0.1, 0.15) is 6.61 Å². The topological polar surface area (TPSA) is 29.5 Å². The molecule has 1 heterocycles. The fourth-order valence-corrected chi connectivity index (χ4v) is 4.25. The minimum atomic E-state index is -0.284. The maximum absolute atomic E-state index is 12.9. The molecule has 0 spiro atoms. The summed E-state index contributed by atoms with van der Waals surface area (Å²) in [6, 6.07) is 10.0. The number of hydrogen-bond donors (Lipinski definition) is 0. The van der Waals surface area contributed by atoms with Crippen LogP contribution >= 0.6 is 22.6 Å². The van der Waals surface area contributed by atoms with E-state index in [4.69, 9.17) is 4.84 Å². The first-order chi connectivity index (χ1) is 10.5. The molecule has 0 aromatic heterocycles. The molecule has 2 rings (SSSR count). The van der Waals surface area contributed by atoms with Crippen molar-refractivity contribution in [1.29, 1.82) is 0 Å². The van der Waals surface area contributed by atoms with Crippen LogP contribution in [0.3, 0.4) is 0 Å². The first kappa shape index (κ1) is 17.7. The van der Waals surface area contributed by atoms with Crippen molar-refractivity contribution >= 4 is 28.5 Å². The van der Waals surface area contributed by atoms with Gasteiger partial charge in [-0.3, -0.25) is 9.63 Å². The van der Waals surface area contributed by atoms with Crippen LogP contribution in [0, 0.1) is 11.3 Å². The zero-order valence-electron chi connectivity index (χ0n) is 13.7. The van der Waals surface area contributed by atoms with E-state index < -0.39 is 0 Å². The number of rotatable bonds is 7. The number of carbonyl (C=O) groups is 1. The van der Waals surface area contributed by atoms with Crippen LogP contribution in [0.4, 0.5) is 0 Å². The quantitative estimate of drug-likeness (QED) is 0.482. The molecule has 4 heteroatoms. The van der Waals surface area contributed by atoms with Gasteiger partial charge in [-0.05, 0) is 12.0 Å². The molecule has 1 aromatic rings. The summed E-state index contributed by atoms with van der Waals surface area (Å²) >= 11 is 2.45. The number of nitrogens with zero attached hydrogens (tertiary/aromatic N) is 1. The first-order valence-electron chi connectivity index (χ1n) is 8.12. The SMILES string of the molecule is CCCC[C@]1(C)C(=O)N(OCc2ccccc2)C[C@@H]1C(C)I. The molecule has 0 aliphatic carbocycles. The monoisotopic (exact) mass is 415 g/mol. The number of amides is 1. The van der Waals surface area contributed by atoms with Crippen molar-refractivity contribution in [2.45, 2.75) is 50.6 Å². The number of alkyl halides is 1. The maximum Gasteiger partial charge on any atom is 0.252 e. The van der Waals surface area contributed by atoms with Gasteiger partial charge in [0, 0.05) is 9.84 Å². The van der Waals surface area contributed by atoms with Crippen molar-refractivity contribution in [2.75, 3.05) is 6.54 Å². The third kappa shape index (κ3) is 3.82. The van der Waals surface area contributed by atoms with Crippen LogP contribution in [-0.2, 0) is 16.2 Å². The third-order valence-corrected chi connectivity index (χ3v) is 5.60. The zero-order valence-corrected chi connectivity index (χ0v) is 15.9. The standard InChI is InChI=1S/C18H26INO2/c1-4-5-11-18(3)16(14(2)19)12-20(17(18)21)22-13-15-9-7-6-8-10-15/h6-10,14,16H,4-5,11-13H2,1-3H3/t14?,16-,18+/m1/s1. The molecule has 1 aliphatic rings. The lowest BCUT2D eigenvalue weighted by Gasteiger charge is -2.29. The molecule has 0 radical (unpaired) electrons. The lowest BCUT2D eigenvalue weighted by Crippen LogP contribution is -2.36. The highest BCUT2D eigenvalue weighted by Gasteiger charge is 2.52. The average Bonchev–Trinajstić information content (AvgIpc) is 2.77.